The fourth-order valence-electron chi connectivity index (χ4n) is 3.23. The summed E-state index contributed by atoms with van der Waals surface area (Å²) in [6.07, 6.45) is 3.58. The van der Waals surface area contributed by atoms with Gasteiger partial charge in [-0.1, -0.05) is 18.2 Å². The molecule has 2 aromatic heterocycles. The van der Waals surface area contributed by atoms with Crippen molar-refractivity contribution in [2.45, 2.75) is 19.9 Å². The molecular weight excluding hydrogens is 372 g/mol. The molecular formula is C21H18N4O4. The lowest BCUT2D eigenvalue weighted by Crippen LogP contribution is -2.16. The highest BCUT2D eigenvalue weighted by Gasteiger charge is 2.15. The van der Waals surface area contributed by atoms with E-state index in [9.17, 15) is 14.9 Å². The van der Waals surface area contributed by atoms with Crippen LogP contribution >= 0.6 is 0 Å². The minimum Gasteiger partial charge on any atom is -0.451 e. The van der Waals surface area contributed by atoms with Crippen molar-refractivity contribution in [1.82, 2.24) is 9.99 Å². The maximum Gasteiger partial charge on any atom is 0.307 e. The van der Waals surface area contributed by atoms with Crippen molar-refractivity contribution in [3.8, 4) is 0 Å². The Labute approximate surface area is 165 Å². The molecule has 1 amide bonds. The van der Waals surface area contributed by atoms with E-state index in [1.165, 1.54) is 24.3 Å². The molecule has 1 N–H and O–H groups in total. The largest absolute Gasteiger partial charge is 0.451 e. The molecule has 0 saturated heterocycles. The summed E-state index contributed by atoms with van der Waals surface area (Å²) < 4.78 is 7.60. The molecule has 4 aromatic rings. The van der Waals surface area contributed by atoms with E-state index in [0.29, 0.717) is 11.0 Å². The van der Waals surface area contributed by atoms with Crippen LogP contribution in [0.2, 0.25) is 0 Å². The van der Waals surface area contributed by atoms with Gasteiger partial charge in [-0.05, 0) is 32.0 Å². The van der Waals surface area contributed by atoms with Gasteiger partial charge in [0, 0.05) is 46.2 Å². The molecule has 2 heterocycles. The zero-order valence-corrected chi connectivity index (χ0v) is 15.8. The highest BCUT2D eigenvalue weighted by Crippen LogP contribution is 2.25. The third-order valence-corrected chi connectivity index (χ3v) is 4.63. The van der Waals surface area contributed by atoms with Crippen molar-refractivity contribution in [1.29, 1.82) is 0 Å². The minimum atomic E-state index is -0.535. The molecule has 0 aliphatic rings. The summed E-state index contributed by atoms with van der Waals surface area (Å²) >= 11 is 0. The summed E-state index contributed by atoms with van der Waals surface area (Å²) in [5, 5.41) is 16.4. The van der Waals surface area contributed by atoms with E-state index in [1.807, 2.05) is 30.5 Å². The second-order valence-electron chi connectivity index (χ2n) is 6.89. The van der Waals surface area contributed by atoms with E-state index in [4.69, 9.17) is 4.42 Å². The molecule has 0 saturated carbocycles. The molecule has 29 heavy (non-hydrogen) atoms. The topological polar surface area (TPSA) is 103 Å². The number of non-ortho nitro benzene ring substituents is 1. The van der Waals surface area contributed by atoms with Crippen molar-refractivity contribution >= 4 is 39.7 Å². The van der Waals surface area contributed by atoms with E-state index in [-0.39, 0.29) is 17.5 Å². The number of hydrazone groups is 1. The van der Waals surface area contributed by atoms with Crippen molar-refractivity contribution in [2.75, 3.05) is 0 Å². The second-order valence-corrected chi connectivity index (χ2v) is 6.89. The Bertz CT molecular complexity index is 1270. The monoisotopic (exact) mass is 390 g/mol. The number of furan rings is 1. The van der Waals surface area contributed by atoms with Crippen LogP contribution in [0, 0.1) is 10.1 Å². The lowest BCUT2D eigenvalue weighted by atomic mass is 10.2. The summed E-state index contributed by atoms with van der Waals surface area (Å²) in [7, 11) is 0. The molecule has 2 aromatic carbocycles. The third-order valence-electron chi connectivity index (χ3n) is 4.63. The van der Waals surface area contributed by atoms with Gasteiger partial charge in [-0.15, -0.1) is 0 Å². The zero-order chi connectivity index (χ0) is 20.5. The predicted molar refractivity (Wildman–Crippen MR) is 110 cm³/mol. The van der Waals surface area contributed by atoms with Crippen LogP contribution < -0.4 is 5.43 Å². The van der Waals surface area contributed by atoms with Crippen LogP contribution in [0.4, 0.5) is 5.69 Å². The number of carbonyl (C=O) groups is 1. The first-order valence-electron chi connectivity index (χ1n) is 9.05. The summed E-state index contributed by atoms with van der Waals surface area (Å²) in [4.78, 5) is 22.7. The number of amides is 1. The molecule has 0 aliphatic carbocycles. The van der Waals surface area contributed by atoms with E-state index >= 15 is 0 Å². The van der Waals surface area contributed by atoms with Gasteiger partial charge in [-0.3, -0.25) is 14.9 Å². The van der Waals surface area contributed by atoms with E-state index in [0.717, 1.165) is 16.5 Å². The molecule has 0 atom stereocenters. The van der Waals surface area contributed by atoms with Crippen LogP contribution in [0.25, 0.3) is 21.9 Å². The van der Waals surface area contributed by atoms with Gasteiger partial charge in [0.15, 0.2) is 5.76 Å². The number of fused-ring (bicyclic) bond motifs is 2. The van der Waals surface area contributed by atoms with Crippen molar-refractivity contribution in [3.63, 3.8) is 0 Å². The first-order chi connectivity index (χ1) is 13.9. The Hall–Kier alpha value is -3.94. The smallest absolute Gasteiger partial charge is 0.307 e. The highest BCUT2D eigenvalue weighted by atomic mass is 16.6. The van der Waals surface area contributed by atoms with Crippen LogP contribution in [0.3, 0.4) is 0 Å². The summed E-state index contributed by atoms with van der Waals surface area (Å²) in [6.45, 7) is 4.20. The Morgan fingerprint density at radius 1 is 1.24 bits per heavy atom. The highest BCUT2D eigenvalue weighted by molar-refractivity contribution is 6.01. The minimum absolute atomic E-state index is 0.0299. The first kappa shape index (κ1) is 18.4. The van der Waals surface area contributed by atoms with Gasteiger partial charge in [0.25, 0.3) is 5.69 Å². The standard InChI is InChI=1S/C21H18N4O4/c1-13(2)24-12-15(17-5-3-4-6-18(17)24)11-22-23-21(26)20-10-14-9-16(25(27)28)7-8-19(14)29-20/h3-13H,1-2H3,(H,23,26)/b22-11+. The van der Waals surface area contributed by atoms with Gasteiger partial charge >= 0.3 is 5.91 Å². The van der Waals surface area contributed by atoms with Crippen LogP contribution in [0.15, 0.2) is 64.2 Å². The van der Waals surface area contributed by atoms with Gasteiger partial charge < -0.3 is 8.98 Å². The Kier molecular flexibility index (Phi) is 4.59. The lowest BCUT2D eigenvalue weighted by Gasteiger charge is -2.08. The number of benzene rings is 2. The maximum absolute atomic E-state index is 12.3. The molecule has 0 bridgehead atoms. The Morgan fingerprint density at radius 3 is 2.79 bits per heavy atom. The fourth-order valence-corrected chi connectivity index (χ4v) is 3.23. The molecule has 4 rings (SSSR count). The van der Waals surface area contributed by atoms with Gasteiger partial charge in [0.05, 0.1) is 11.1 Å². The maximum atomic E-state index is 12.3. The van der Waals surface area contributed by atoms with Crippen molar-refractivity contribution < 1.29 is 14.1 Å². The Balaban J connectivity index is 1.55. The number of aromatic nitrogens is 1. The van der Waals surface area contributed by atoms with Gasteiger partial charge in [-0.25, -0.2) is 5.43 Å². The number of nitro benzene ring substituents is 1. The normalized spacial score (nSPS) is 11.7. The third kappa shape index (κ3) is 3.47. The molecule has 0 unspecified atom stereocenters. The molecule has 8 heteroatoms. The molecule has 0 radical (unpaired) electrons. The van der Waals surface area contributed by atoms with Gasteiger partial charge in [0.2, 0.25) is 0 Å². The molecule has 0 fully saturated rings. The fraction of sp³-hybridized carbons (Fsp3) is 0.143. The van der Waals surface area contributed by atoms with Crippen LogP contribution in [0.1, 0.15) is 36.0 Å². The quantitative estimate of drug-likeness (QED) is 0.304. The lowest BCUT2D eigenvalue weighted by molar-refractivity contribution is -0.384. The number of carbonyl (C=O) groups excluding carboxylic acids is 1. The number of nitro groups is 1. The van der Waals surface area contributed by atoms with Gasteiger partial charge in [0.1, 0.15) is 5.58 Å². The molecule has 0 aliphatic heterocycles. The SMILES string of the molecule is CC(C)n1cc(/C=N/NC(=O)c2cc3cc([N+](=O)[O-])ccc3o2)c2ccccc21. The van der Waals surface area contributed by atoms with E-state index in [1.54, 1.807) is 6.21 Å². The first-order valence-corrected chi connectivity index (χ1v) is 9.05. The van der Waals surface area contributed by atoms with Crippen LogP contribution in [-0.2, 0) is 0 Å². The molecule has 0 spiro atoms. The number of hydrogen-bond donors (Lipinski definition) is 1. The predicted octanol–water partition coefficient (Wildman–Crippen LogP) is 4.64. The number of nitrogens with one attached hydrogen (secondary N) is 1. The number of nitrogens with zero attached hydrogens (tertiary/aromatic N) is 3. The number of para-hydroxylation sites is 1. The zero-order valence-electron chi connectivity index (χ0n) is 15.8. The van der Waals surface area contributed by atoms with Crippen molar-refractivity contribution in [3.05, 3.63) is 76.2 Å². The average Bonchev–Trinajstić information content (AvgIpc) is 3.29. The van der Waals surface area contributed by atoms with Crippen LogP contribution in [0.5, 0.6) is 0 Å². The Morgan fingerprint density at radius 2 is 2.03 bits per heavy atom. The summed E-state index contributed by atoms with van der Waals surface area (Å²) in [6, 6.07) is 13.9. The van der Waals surface area contributed by atoms with Crippen LogP contribution in [-0.4, -0.2) is 21.6 Å². The summed E-state index contributed by atoms with van der Waals surface area (Å²) in [5.74, 6) is -0.505. The second kappa shape index (κ2) is 7.23. The molecule has 8 nitrogen and oxygen atoms in total. The number of hydrogen-bond acceptors (Lipinski definition) is 5. The van der Waals surface area contributed by atoms with E-state index < -0.39 is 10.8 Å². The summed E-state index contributed by atoms with van der Waals surface area (Å²) in [5.41, 5.74) is 4.75. The molecule has 146 valence electrons. The number of rotatable bonds is 5. The van der Waals surface area contributed by atoms with E-state index in [2.05, 4.69) is 28.9 Å². The van der Waals surface area contributed by atoms with Gasteiger partial charge in [-0.2, -0.15) is 5.10 Å². The van der Waals surface area contributed by atoms with Crippen molar-refractivity contribution in [2.24, 2.45) is 5.10 Å². The average molecular weight is 390 g/mol.